The van der Waals surface area contributed by atoms with Gasteiger partial charge in [0.05, 0.1) is 5.00 Å². The molecule has 2 heterocycles. The lowest BCUT2D eigenvalue weighted by Crippen LogP contribution is -2.41. The van der Waals surface area contributed by atoms with Gasteiger partial charge in [0.2, 0.25) is 0 Å². The van der Waals surface area contributed by atoms with Crippen molar-refractivity contribution in [2.24, 2.45) is 0 Å². The van der Waals surface area contributed by atoms with Gasteiger partial charge in [-0.25, -0.2) is 4.79 Å². The summed E-state index contributed by atoms with van der Waals surface area (Å²) in [6, 6.07) is 2.19. The highest BCUT2D eigenvalue weighted by molar-refractivity contribution is 7.16. The molecule has 1 saturated heterocycles. The molecule has 2 rings (SSSR count). The van der Waals surface area contributed by atoms with E-state index in [-0.39, 0.29) is 6.09 Å². The van der Waals surface area contributed by atoms with Crippen molar-refractivity contribution < 1.29 is 9.53 Å². The number of thiophene rings is 1. The first-order chi connectivity index (χ1) is 9.26. The van der Waals surface area contributed by atoms with Gasteiger partial charge in [-0.05, 0) is 58.1 Å². The molecule has 1 aliphatic heterocycles. The van der Waals surface area contributed by atoms with Gasteiger partial charge in [-0.15, -0.1) is 11.3 Å². The van der Waals surface area contributed by atoms with Crippen molar-refractivity contribution in [3.8, 4) is 0 Å². The second-order valence-corrected chi connectivity index (χ2v) is 7.55. The third-order valence-corrected chi connectivity index (χ3v) is 4.75. The predicted octanol–water partition coefficient (Wildman–Crippen LogP) is 3.75. The van der Waals surface area contributed by atoms with Gasteiger partial charge in [0, 0.05) is 18.0 Å². The van der Waals surface area contributed by atoms with Crippen molar-refractivity contribution in [1.82, 2.24) is 4.90 Å². The normalized spacial score (nSPS) is 17.3. The van der Waals surface area contributed by atoms with Crippen LogP contribution in [0.1, 0.15) is 50.0 Å². The molecule has 1 aromatic rings. The summed E-state index contributed by atoms with van der Waals surface area (Å²) in [5.41, 5.74) is 6.67. The van der Waals surface area contributed by atoms with E-state index in [1.54, 1.807) is 11.3 Å². The van der Waals surface area contributed by atoms with Crippen molar-refractivity contribution in [3.63, 3.8) is 0 Å². The summed E-state index contributed by atoms with van der Waals surface area (Å²) in [5, 5.41) is 0.912. The van der Waals surface area contributed by atoms with Crippen LogP contribution in [0.2, 0.25) is 0 Å². The number of likely N-dealkylation sites (tertiary alicyclic amines) is 1. The van der Waals surface area contributed by atoms with E-state index in [4.69, 9.17) is 10.5 Å². The monoisotopic (exact) mass is 296 g/mol. The van der Waals surface area contributed by atoms with Gasteiger partial charge in [-0.3, -0.25) is 0 Å². The van der Waals surface area contributed by atoms with Crippen LogP contribution in [0.15, 0.2) is 6.07 Å². The number of rotatable bonds is 1. The van der Waals surface area contributed by atoms with Crippen LogP contribution in [0.5, 0.6) is 0 Å². The van der Waals surface area contributed by atoms with Crippen molar-refractivity contribution in [3.05, 3.63) is 16.5 Å². The molecule has 2 N–H and O–H groups in total. The van der Waals surface area contributed by atoms with E-state index in [2.05, 4.69) is 6.07 Å². The van der Waals surface area contributed by atoms with E-state index >= 15 is 0 Å². The highest BCUT2D eigenvalue weighted by atomic mass is 32.1. The Bertz CT molecular complexity index is 463. The molecular formula is C15H24N2O2S. The van der Waals surface area contributed by atoms with Crippen molar-refractivity contribution in [2.45, 2.75) is 52.1 Å². The molecule has 4 nitrogen and oxygen atoms in total. The Hall–Kier alpha value is -1.23. The number of hydrogen-bond acceptors (Lipinski definition) is 4. The summed E-state index contributed by atoms with van der Waals surface area (Å²) in [7, 11) is 0. The zero-order chi connectivity index (χ0) is 14.9. The first-order valence-electron chi connectivity index (χ1n) is 7.10. The zero-order valence-electron chi connectivity index (χ0n) is 12.7. The average Bonchev–Trinajstić information content (AvgIpc) is 2.68. The molecule has 0 spiro atoms. The highest BCUT2D eigenvalue weighted by Gasteiger charge is 2.28. The summed E-state index contributed by atoms with van der Waals surface area (Å²) in [6.07, 6.45) is 1.77. The van der Waals surface area contributed by atoms with E-state index in [0.717, 1.165) is 30.9 Å². The lowest BCUT2D eigenvalue weighted by Gasteiger charge is -2.33. The molecule has 5 heteroatoms. The number of anilines is 1. The molecule has 0 aliphatic carbocycles. The molecule has 0 aromatic carbocycles. The van der Waals surface area contributed by atoms with Gasteiger partial charge in [0.1, 0.15) is 5.60 Å². The highest BCUT2D eigenvalue weighted by Crippen LogP contribution is 2.36. The van der Waals surface area contributed by atoms with Crippen LogP contribution in [0, 0.1) is 6.92 Å². The number of carbonyl (C=O) groups is 1. The number of piperidine rings is 1. The Morgan fingerprint density at radius 2 is 2.00 bits per heavy atom. The minimum Gasteiger partial charge on any atom is -0.444 e. The number of carbonyl (C=O) groups excluding carboxylic acids is 1. The fraction of sp³-hybridized carbons (Fsp3) is 0.667. The SMILES string of the molecule is Cc1cc(C2CCN(C(=O)OC(C)(C)C)CC2)sc1N. The van der Waals surface area contributed by atoms with Crippen molar-refractivity contribution in [2.75, 3.05) is 18.8 Å². The largest absolute Gasteiger partial charge is 0.444 e. The molecule has 0 radical (unpaired) electrons. The van der Waals surface area contributed by atoms with Crippen LogP contribution >= 0.6 is 11.3 Å². The predicted molar refractivity (Wildman–Crippen MR) is 83.3 cm³/mol. The van der Waals surface area contributed by atoms with Crippen LogP contribution in [-0.2, 0) is 4.74 Å². The lowest BCUT2D eigenvalue weighted by atomic mass is 9.95. The molecule has 0 saturated carbocycles. The topological polar surface area (TPSA) is 55.6 Å². The van der Waals surface area contributed by atoms with Gasteiger partial charge in [-0.1, -0.05) is 0 Å². The summed E-state index contributed by atoms with van der Waals surface area (Å²) < 4.78 is 5.41. The minimum absolute atomic E-state index is 0.196. The number of nitrogens with two attached hydrogens (primary N) is 1. The van der Waals surface area contributed by atoms with E-state index < -0.39 is 5.60 Å². The van der Waals surface area contributed by atoms with E-state index in [0.29, 0.717) is 5.92 Å². The number of aryl methyl sites for hydroxylation is 1. The van der Waals surface area contributed by atoms with E-state index in [9.17, 15) is 4.79 Å². The number of nitrogens with zero attached hydrogens (tertiary/aromatic N) is 1. The quantitative estimate of drug-likeness (QED) is 0.858. The van der Waals surface area contributed by atoms with Gasteiger partial charge < -0.3 is 15.4 Å². The van der Waals surface area contributed by atoms with Gasteiger partial charge >= 0.3 is 6.09 Å². The maximum atomic E-state index is 12.0. The van der Waals surface area contributed by atoms with Crippen LogP contribution in [0.4, 0.5) is 9.80 Å². The number of ether oxygens (including phenoxy) is 1. The summed E-state index contributed by atoms with van der Waals surface area (Å²) in [4.78, 5) is 15.2. The lowest BCUT2D eigenvalue weighted by molar-refractivity contribution is 0.0205. The number of amides is 1. The fourth-order valence-electron chi connectivity index (χ4n) is 2.40. The maximum Gasteiger partial charge on any atom is 0.410 e. The smallest absolute Gasteiger partial charge is 0.410 e. The summed E-state index contributed by atoms with van der Waals surface area (Å²) >= 11 is 1.68. The molecule has 0 atom stereocenters. The van der Waals surface area contributed by atoms with E-state index in [1.807, 2.05) is 32.6 Å². The van der Waals surface area contributed by atoms with Crippen LogP contribution in [0.3, 0.4) is 0 Å². The molecule has 1 aromatic heterocycles. The number of nitrogen functional groups attached to an aromatic ring is 1. The van der Waals surface area contributed by atoms with Gasteiger partial charge in [-0.2, -0.15) is 0 Å². The molecule has 1 fully saturated rings. The third-order valence-electron chi connectivity index (χ3n) is 3.52. The number of hydrogen-bond donors (Lipinski definition) is 1. The Labute approximate surface area is 124 Å². The second kappa shape index (κ2) is 5.64. The molecule has 1 aliphatic rings. The maximum absolute atomic E-state index is 12.0. The first-order valence-corrected chi connectivity index (χ1v) is 7.91. The van der Waals surface area contributed by atoms with Gasteiger partial charge in [0.25, 0.3) is 0 Å². The molecule has 0 bridgehead atoms. The second-order valence-electron chi connectivity index (χ2n) is 6.44. The Morgan fingerprint density at radius 1 is 1.40 bits per heavy atom. The zero-order valence-corrected chi connectivity index (χ0v) is 13.5. The Morgan fingerprint density at radius 3 is 2.45 bits per heavy atom. The average molecular weight is 296 g/mol. The molecule has 1 amide bonds. The van der Waals surface area contributed by atoms with Crippen molar-refractivity contribution in [1.29, 1.82) is 0 Å². The first kappa shape index (κ1) is 15.2. The van der Waals surface area contributed by atoms with Crippen LogP contribution in [-0.4, -0.2) is 29.7 Å². The minimum atomic E-state index is -0.423. The Kier molecular flexibility index (Phi) is 4.28. The van der Waals surface area contributed by atoms with Gasteiger partial charge in [0.15, 0.2) is 0 Å². The molecular weight excluding hydrogens is 272 g/mol. The summed E-state index contributed by atoms with van der Waals surface area (Å²) in [6.45, 7) is 9.26. The van der Waals surface area contributed by atoms with E-state index in [1.165, 1.54) is 10.4 Å². The van der Waals surface area contributed by atoms with Crippen LogP contribution in [0.25, 0.3) is 0 Å². The molecule has 112 valence electrons. The molecule has 20 heavy (non-hydrogen) atoms. The Balaban J connectivity index is 1.91. The van der Waals surface area contributed by atoms with Crippen LogP contribution < -0.4 is 5.73 Å². The third kappa shape index (κ3) is 3.66. The standard InChI is InChI=1S/C15H24N2O2S/c1-10-9-12(20-13(10)16)11-5-7-17(8-6-11)14(18)19-15(2,3)4/h9,11H,5-8,16H2,1-4H3. The fourth-order valence-corrected chi connectivity index (χ4v) is 3.51. The summed E-state index contributed by atoms with van der Waals surface area (Å²) in [5.74, 6) is 0.523. The molecule has 0 unspecified atom stereocenters. The van der Waals surface area contributed by atoms with Crippen molar-refractivity contribution >= 4 is 22.4 Å².